The van der Waals surface area contributed by atoms with E-state index >= 15 is 0 Å². The third-order valence-corrected chi connectivity index (χ3v) is 2.80. The number of nitriles is 1. The van der Waals surface area contributed by atoms with Crippen LogP contribution >= 0.6 is 0 Å². The molecule has 0 aliphatic rings. The molecular formula is C14H11F2N3. The van der Waals surface area contributed by atoms with Crippen LogP contribution in [0, 0.1) is 23.0 Å². The summed E-state index contributed by atoms with van der Waals surface area (Å²) in [7, 11) is 1.56. The van der Waals surface area contributed by atoms with Gasteiger partial charge < -0.3 is 10.6 Å². The number of hydrogen-bond donors (Lipinski definition) is 1. The van der Waals surface area contributed by atoms with Crippen molar-refractivity contribution in [3.8, 4) is 6.07 Å². The Morgan fingerprint density at radius 3 is 2.63 bits per heavy atom. The van der Waals surface area contributed by atoms with Crippen LogP contribution in [-0.4, -0.2) is 7.05 Å². The highest BCUT2D eigenvalue weighted by atomic mass is 19.2. The van der Waals surface area contributed by atoms with Gasteiger partial charge in [-0.3, -0.25) is 0 Å². The fourth-order valence-corrected chi connectivity index (χ4v) is 1.81. The maximum Gasteiger partial charge on any atom is 0.184 e. The smallest absolute Gasteiger partial charge is 0.184 e. The van der Waals surface area contributed by atoms with Crippen LogP contribution in [0.2, 0.25) is 0 Å². The number of nitrogen functional groups attached to an aromatic ring is 1. The number of anilines is 3. The molecule has 2 aromatic carbocycles. The molecule has 0 spiro atoms. The molecule has 0 aliphatic heterocycles. The molecule has 0 fully saturated rings. The maximum absolute atomic E-state index is 13.8. The van der Waals surface area contributed by atoms with Gasteiger partial charge in [0, 0.05) is 12.7 Å². The largest absolute Gasteiger partial charge is 0.397 e. The summed E-state index contributed by atoms with van der Waals surface area (Å²) in [4.78, 5) is 1.41. The lowest BCUT2D eigenvalue weighted by atomic mass is 10.1. The van der Waals surface area contributed by atoms with Crippen LogP contribution in [0.5, 0.6) is 0 Å². The van der Waals surface area contributed by atoms with Gasteiger partial charge in [-0.05, 0) is 30.3 Å². The highest BCUT2D eigenvalue weighted by molar-refractivity contribution is 5.75. The summed E-state index contributed by atoms with van der Waals surface area (Å²) in [5.41, 5.74) is 6.75. The van der Waals surface area contributed by atoms with E-state index < -0.39 is 11.6 Å². The zero-order chi connectivity index (χ0) is 14.0. The second kappa shape index (κ2) is 4.94. The van der Waals surface area contributed by atoms with Crippen LogP contribution in [-0.2, 0) is 0 Å². The summed E-state index contributed by atoms with van der Waals surface area (Å²) >= 11 is 0. The van der Waals surface area contributed by atoms with Gasteiger partial charge in [-0.15, -0.1) is 0 Å². The van der Waals surface area contributed by atoms with E-state index in [1.54, 1.807) is 31.3 Å². The van der Waals surface area contributed by atoms with E-state index in [4.69, 9.17) is 11.0 Å². The Balaban J connectivity index is 2.53. The molecule has 0 radical (unpaired) electrons. The summed E-state index contributed by atoms with van der Waals surface area (Å²) in [6, 6.07) is 10.8. The first-order valence-electron chi connectivity index (χ1n) is 5.52. The Labute approximate surface area is 109 Å². The number of hydrogen-bond acceptors (Lipinski definition) is 3. The van der Waals surface area contributed by atoms with Crippen LogP contribution in [0.15, 0.2) is 36.4 Å². The molecule has 0 unspecified atom stereocenters. The summed E-state index contributed by atoms with van der Waals surface area (Å²) in [5.74, 6) is -1.97. The highest BCUT2D eigenvalue weighted by Gasteiger charge is 2.17. The molecule has 96 valence electrons. The molecule has 0 saturated heterocycles. The predicted octanol–water partition coefficient (Wildman–Crippen LogP) is 3.19. The van der Waals surface area contributed by atoms with Gasteiger partial charge >= 0.3 is 0 Å². The van der Waals surface area contributed by atoms with Crippen LogP contribution in [0.1, 0.15) is 5.56 Å². The fraction of sp³-hybridized carbons (Fsp3) is 0.0714. The van der Waals surface area contributed by atoms with E-state index in [-0.39, 0.29) is 11.4 Å². The monoisotopic (exact) mass is 259 g/mol. The summed E-state index contributed by atoms with van der Waals surface area (Å²) in [6.45, 7) is 0. The normalized spacial score (nSPS) is 10.0. The summed E-state index contributed by atoms with van der Waals surface area (Å²) < 4.78 is 27.1. The van der Waals surface area contributed by atoms with Gasteiger partial charge in [0.1, 0.15) is 5.69 Å². The van der Waals surface area contributed by atoms with E-state index in [0.29, 0.717) is 11.3 Å². The minimum absolute atomic E-state index is 0.0462. The number of halogens is 2. The van der Waals surface area contributed by atoms with E-state index in [0.717, 1.165) is 6.07 Å². The molecule has 2 N–H and O–H groups in total. The molecule has 0 bridgehead atoms. The lowest BCUT2D eigenvalue weighted by Gasteiger charge is -2.22. The molecule has 2 rings (SSSR count). The molecule has 19 heavy (non-hydrogen) atoms. The summed E-state index contributed by atoms with van der Waals surface area (Å²) in [5, 5.41) is 8.84. The highest BCUT2D eigenvalue weighted by Crippen LogP contribution is 2.33. The van der Waals surface area contributed by atoms with Gasteiger partial charge in [0.25, 0.3) is 0 Å². The van der Waals surface area contributed by atoms with Crippen molar-refractivity contribution in [1.29, 1.82) is 5.26 Å². The van der Waals surface area contributed by atoms with Crippen LogP contribution in [0.4, 0.5) is 25.8 Å². The molecule has 5 heteroatoms. The molecule has 0 aromatic heterocycles. The first-order valence-corrected chi connectivity index (χ1v) is 5.52. The Morgan fingerprint density at radius 2 is 1.95 bits per heavy atom. The minimum Gasteiger partial charge on any atom is -0.397 e. The predicted molar refractivity (Wildman–Crippen MR) is 70.0 cm³/mol. The van der Waals surface area contributed by atoms with E-state index in [1.807, 2.05) is 6.07 Å². The summed E-state index contributed by atoms with van der Waals surface area (Å²) in [6.07, 6.45) is 0. The molecule has 0 atom stereocenters. The number of nitrogens with two attached hydrogens (primary N) is 1. The van der Waals surface area contributed by atoms with Gasteiger partial charge in [-0.1, -0.05) is 6.07 Å². The molecule has 0 heterocycles. The van der Waals surface area contributed by atoms with Gasteiger partial charge in [0.2, 0.25) is 0 Å². The van der Waals surface area contributed by atoms with Crippen molar-refractivity contribution in [2.24, 2.45) is 0 Å². The zero-order valence-corrected chi connectivity index (χ0v) is 10.2. The SMILES string of the molecule is CN(c1cccc(C#N)c1)c1c(N)ccc(F)c1F. The van der Waals surface area contributed by atoms with Crippen molar-refractivity contribution >= 4 is 17.1 Å². The second-order valence-corrected chi connectivity index (χ2v) is 4.02. The standard InChI is InChI=1S/C14H11F2N3/c1-19(10-4-2-3-9(7-10)8-17)14-12(18)6-5-11(15)13(14)16/h2-7H,18H2,1H3. The molecule has 0 saturated carbocycles. The molecular weight excluding hydrogens is 248 g/mol. The number of nitrogens with zero attached hydrogens (tertiary/aromatic N) is 2. The lowest BCUT2D eigenvalue weighted by molar-refractivity contribution is 0.510. The van der Waals surface area contributed by atoms with Gasteiger partial charge in [-0.2, -0.15) is 5.26 Å². The molecule has 0 aliphatic carbocycles. The van der Waals surface area contributed by atoms with E-state index in [1.165, 1.54) is 11.0 Å². The van der Waals surface area contributed by atoms with E-state index in [2.05, 4.69) is 0 Å². The van der Waals surface area contributed by atoms with Crippen molar-refractivity contribution in [2.45, 2.75) is 0 Å². The van der Waals surface area contributed by atoms with Crippen molar-refractivity contribution < 1.29 is 8.78 Å². The van der Waals surface area contributed by atoms with Crippen molar-refractivity contribution in [3.05, 3.63) is 53.6 Å². The fourth-order valence-electron chi connectivity index (χ4n) is 1.81. The van der Waals surface area contributed by atoms with Crippen LogP contribution in [0.25, 0.3) is 0 Å². The Bertz CT molecular complexity index is 662. The third-order valence-electron chi connectivity index (χ3n) is 2.80. The van der Waals surface area contributed by atoms with E-state index in [9.17, 15) is 8.78 Å². The lowest BCUT2D eigenvalue weighted by Crippen LogP contribution is -2.14. The topological polar surface area (TPSA) is 53.0 Å². The third kappa shape index (κ3) is 2.33. The molecule has 3 nitrogen and oxygen atoms in total. The Hall–Kier alpha value is -2.61. The number of benzene rings is 2. The quantitative estimate of drug-likeness (QED) is 0.843. The van der Waals surface area contributed by atoms with Crippen molar-refractivity contribution in [3.63, 3.8) is 0 Å². The van der Waals surface area contributed by atoms with Crippen molar-refractivity contribution in [2.75, 3.05) is 17.7 Å². The van der Waals surface area contributed by atoms with Crippen LogP contribution in [0.3, 0.4) is 0 Å². The maximum atomic E-state index is 13.8. The first kappa shape index (κ1) is 12.8. The van der Waals surface area contributed by atoms with Crippen molar-refractivity contribution in [1.82, 2.24) is 0 Å². The van der Waals surface area contributed by atoms with Gasteiger partial charge in [0.05, 0.1) is 17.3 Å². The van der Waals surface area contributed by atoms with Crippen LogP contribution < -0.4 is 10.6 Å². The zero-order valence-electron chi connectivity index (χ0n) is 10.2. The average Bonchev–Trinajstić information content (AvgIpc) is 2.43. The molecule has 0 amide bonds. The first-order chi connectivity index (χ1) is 9.04. The molecule has 2 aromatic rings. The van der Waals surface area contributed by atoms with Gasteiger partial charge in [-0.25, -0.2) is 8.78 Å². The second-order valence-electron chi connectivity index (χ2n) is 4.02. The average molecular weight is 259 g/mol. The Kier molecular flexibility index (Phi) is 3.34. The number of rotatable bonds is 2. The Morgan fingerprint density at radius 1 is 1.21 bits per heavy atom. The van der Waals surface area contributed by atoms with Gasteiger partial charge in [0.15, 0.2) is 11.6 Å². The minimum atomic E-state index is -1.01.